The third-order valence-electron chi connectivity index (χ3n) is 8.41. The fourth-order valence-electron chi connectivity index (χ4n) is 6.48. The lowest BCUT2D eigenvalue weighted by Crippen LogP contribution is -2.15. The molecule has 5 aromatic carbocycles. The number of rotatable bonds is 2. The van der Waals surface area contributed by atoms with Gasteiger partial charge in [0.05, 0.1) is 0 Å². The molecule has 7 rings (SSSR count). The predicted molar refractivity (Wildman–Crippen MR) is 149 cm³/mol. The Morgan fingerprint density at radius 3 is 1.60 bits per heavy atom. The van der Waals surface area contributed by atoms with E-state index in [0.29, 0.717) is 0 Å². The molecule has 5 aromatic rings. The number of fused-ring (bicyclic) bond motifs is 7. The molecule has 0 radical (unpaired) electrons. The molecule has 0 aromatic heterocycles. The first kappa shape index (κ1) is 20.5. The number of hydrogen-bond donors (Lipinski definition) is 1. The molecular weight excluding hydrogens is 422 g/mol. The van der Waals surface area contributed by atoms with Gasteiger partial charge in [-0.1, -0.05) is 88.4 Å². The third kappa shape index (κ3) is 2.82. The zero-order valence-electron chi connectivity index (χ0n) is 20.7. The van der Waals surface area contributed by atoms with Crippen LogP contribution in [0.5, 0.6) is 0 Å². The summed E-state index contributed by atoms with van der Waals surface area (Å²) in [5.41, 5.74) is 13.3. The van der Waals surface area contributed by atoms with E-state index in [1.807, 2.05) is 0 Å². The quantitative estimate of drug-likeness (QED) is 0.282. The van der Waals surface area contributed by atoms with Crippen LogP contribution in [-0.4, -0.2) is 0 Å². The second kappa shape index (κ2) is 6.86. The largest absolute Gasteiger partial charge is 0.355 e. The summed E-state index contributed by atoms with van der Waals surface area (Å²) >= 11 is 0. The van der Waals surface area contributed by atoms with Crippen molar-refractivity contribution in [3.05, 3.63) is 119 Å². The number of benzene rings is 5. The molecule has 0 aliphatic heterocycles. The standard InChI is InChI=1S/C34H29N/c1-33(2)29-12-8-7-11-25(29)27-19-23(13-15-30(27)33)35-24-14-16-31-28(20-24)26-17-21-9-5-6-10-22(21)18-32(26)34(31,3)4/h5-20,35H,1-4H3. The fraction of sp³-hybridized carbons (Fsp3) is 0.176. The molecule has 2 aliphatic carbocycles. The van der Waals surface area contributed by atoms with E-state index in [1.165, 1.54) is 55.3 Å². The first-order valence-electron chi connectivity index (χ1n) is 12.5. The summed E-state index contributed by atoms with van der Waals surface area (Å²) in [5.74, 6) is 0. The van der Waals surface area contributed by atoms with Crippen LogP contribution in [0.2, 0.25) is 0 Å². The maximum atomic E-state index is 3.72. The Kier molecular flexibility index (Phi) is 4.02. The summed E-state index contributed by atoms with van der Waals surface area (Å²) in [6.45, 7) is 9.35. The Hall–Kier alpha value is -3.84. The van der Waals surface area contributed by atoms with Crippen LogP contribution in [0.1, 0.15) is 49.9 Å². The molecule has 1 N–H and O–H groups in total. The van der Waals surface area contributed by atoms with Crippen molar-refractivity contribution in [1.82, 2.24) is 0 Å². The van der Waals surface area contributed by atoms with E-state index in [2.05, 4.69) is 130 Å². The van der Waals surface area contributed by atoms with E-state index in [0.717, 1.165) is 11.4 Å². The van der Waals surface area contributed by atoms with Crippen LogP contribution in [0, 0.1) is 0 Å². The van der Waals surface area contributed by atoms with E-state index >= 15 is 0 Å². The zero-order valence-corrected chi connectivity index (χ0v) is 20.7. The van der Waals surface area contributed by atoms with Gasteiger partial charge < -0.3 is 5.32 Å². The van der Waals surface area contributed by atoms with E-state index < -0.39 is 0 Å². The second-order valence-electron chi connectivity index (χ2n) is 11.2. The van der Waals surface area contributed by atoms with Crippen LogP contribution in [-0.2, 0) is 10.8 Å². The highest BCUT2D eigenvalue weighted by atomic mass is 14.9. The lowest BCUT2D eigenvalue weighted by Gasteiger charge is -2.22. The molecule has 0 saturated heterocycles. The minimum atomic E-state index is -0.00388. The number of hydrogen-bond acceptors (Lipinski definition) is 1. The summed E-state index contributed by atoms with van der Waals surface area (Å²) in [6, 6.07) is 36.0. The molecule has 35 heavy (non-hydrogen) atoms. The van der Waals surface area contributed by atoms with Crippen LogP contribution in [0.4, 0.5) is 11.4 Å². The predicted octanol–water partition coefficient (Wildman–Crippen LogP) is 9.20. The van der Waals surface area contributed by atoms with Crippen molar-refractivity contribution in [2.45, 2.75) is 38.5 Å². The molecular formula is C34H29N. The SMILES string of the molecule is CC1(C)c2ccccc2-c2cc(Nc3ccc4c(c3)-c3cc5ccccc5cc3C4(C)C)ccc21. The van der Waals surface area contributed by atoms with Crippen molar-refractivity contribution in [2.75, 3.05) is 5.32 Å². The minimum Gasteiger partial charge on any atom is -0.355 e. The van der Waals surface area contributed by atoms with Crippen LogP contribution in [0.15, 0.2) is 97.1 Å². The monoisotopic (exact) mass is 451 g/mol. The third-order valence-corrected chi connectivity index (χ3v) is 8.41. The highest BCUT2D eigenvalue weighted by Gasteiger charge is 2.36. The van der Waals surface area contributed by atoms with E-state index in [-0.39, 0.29) is 10.8 Å². The van der Waals surface area contributed by atoms with Gasteiger partial charge in [-0.2, -0.15) is 0 Å². The first-order chi connectivity index (χ1) is 16.8. The smallest absolute Gasteiger partial charge is 0.0390 e. The lowest BCUT2D eigenvalue weighted by molar-refractivity contribution is 0.660. The molecule has 0 spiro atoms. The molecule has 2 aliphatic rings. The van der Waals surface area contributed by atoms with Gasteiger partial charge in [0.2, 0.25) is 0 Å². The first-order valence-corrected chi connectivity index (χ1v) is 12.5. The summed E-state index contributed by atoms with van der Waals surface area (Å²) < 4.78 is 0. The van der Waals surface area contributed by atoms with E-state index in [1.54, 1.807) is 0 Å². The van der Waals surface area contributed by atoms with Gasteiger partial charge in [0.25, 0.3) is 0 Å². The van der Waals surface area contributed by atoms with Crippen molar-refractivity contribution in [2.24, 2.45) is 0 Å². The van der Waals surface area contributed by atoms with Crippen molar-refractivity contribution >= 4 is 22.1 Å². The van der Waals surface area contributed by atoms with Gasteiger partial charge in [-0.15, -0.1) is 0 Å². The normalized spacial score (nSPS) is 15.9. The van der Waals surface area contributed by atoms with Crippen LogP contribution in [0.3, 0.4) is 0 Å². The van der Waals surface area contributed by atoms with E-state index in [4.69, 9.17) is 0 Å². The molecule has 1 nitrogen and oxygen atoms in total. The molecule has 0 atom stereocenters. The maximum Gasteiger partial charge on any atom is 0.0390 e. The van der Waals surface area contributed by atoms with Gasteiger partial charge in [0, 0.05) is 22.2 Å². The van der Waals surface area contributed by atoms with Gasteiger partial charge in [-0.3, -0.25) is 0 Å². The molecule has 1 heteroatoms. The van der Waals surface area contributed by atoms with Gasteiger partial charge >= 0.3 is 0 Å². The molecule has 170 valence electrons. The Bertz CT molecular complexity index is 1670. The van der Waals surface area contributed by atoms with Crippen molar-refractivity contribution in [3.63, 3.8) is 0 Å². The average Bonchev–Trinajstić information content (AvgIpc) is 3.22. The molecule has 0 bridgehead atoms. The zero-order chi connectivity index (χ0) is 23.9. The van der Waals surface area contributed by atoms with Crippen molar-refractivity contribution in [3.8, 4) is 22.3 Å². The van der Waals surface area contributed by atoms with Gasteiger partial charge in [0.1, 0.15) is 0 Å². The summed E-state index contributed by atoms with van der Waals surface area (Å²) in [6.07, 6.45) is 0. The second-order valence-corrected chi connectivity index (χ2v) is 11.2. The number of anilines is 2. The Morgan fingerprint density at radius 2 is 0.914 bits per heavy atom. The fourth-order valence-corrected chi connectivity index (χ4v) is 6.48. The summed E-state index contributed by atoms with van der Waals surface area (Å²) in [7, 11) is 0. The number of nitrogens with one attached hydrogen (secondary N) is 1. The van der Waals surface area contributed by atoms with Crippen LogP contribution >= 0.6 is 0 Å². The Balaban J connectivity index is 1.31. The van der Waals surface area contributed by atoms with E-state index in [9.17, 15) is 0 Å². The van der Waals surface area contributed by atoms with Gasteiger partial charge in [-0.25, -0.2) is 0 Å². The molecule has 0 saturated carbocycles. The maximum absolute atomic E-state index is 3.72. The topological polar surface area (TPSA) is 12.0 Å². The Morgan fingerprint density at radius 1 is 0.429 bits per heavy atom. The van der Waals surface area contributed by atoms with Gasteiger partial charge in [-0.05, 0) is 91.7 Å². The molecule has 0 heterocycles. The summed E-state index contributed by atoms with van der Waals surface area (Å²) in [4.78, 5) is 0. The highest BCUT2D eigenvalue weighted by molar-refractivity contribution is 5.94. The minimum absolute atomic E-state index is 0.00388. The van der Waals surface area contributed by atoms with Crippen molar-refractivity contribution < 1.29 is 0 Å². The van der Waals surface area contributed by atoms with Crippen LogP contribution < -0.4 is 5.32 Å². The molecule has 0 unspecified atom stereocenters. The van der Waals surface area contributed by atoms with Crippen LogP contribution in [0.25, 0.3) is 33.0 Å². The summed E-state index contributed by atoms with van der Waals surface area (Å²) in [5, 5.41) is 6.33. The molecule has 0 fully saturated rings. The Labute approximate surface area is 207 Å². The average molecular weight is 452 g/mol. The van der Waals surface area contributed by atoms with Gasteiger partial charge in [0.15, 0.2) is 0 Å². The highest BCUT2D eigenvalue weighted by Crippen LogP contribution is 2.51. The van der Waals surface area contributed by atoms with Crippen molar-refractivity contribution in [1.29, 1.82) is 0 Å². The molecule has 0 amide bonds. The lowest BCUT2D eigenvalue weighted by atomic mass is 9.82.